The van der Waals surface area contributed by atoms with E-state index < -0.39 is 0 Å². The van der Waals surface area contributed by atoms with Crippen LogP contribution in [0.25, 0.3) is 0 Å². The van der Waals surface area contributed by atoms with Crippen LogP contribution in [0.4, 0.5) is 11.4 Å². The van der Waals surface area contributed by atoms with Gasteiger partial charge in [0, 0.05) is 37.6 Å². The van der Waals surface area contributed by atoms with E-state index in [0.29, 0.717) is 6.54 Å². The molecule has 1 aliphatic heterocycles. The van der Waals surface area contributed by atoms with Gasteiger partial charge in [-0.1, -0.05) is 6.07 Å². The molecule has 1 aromatic carbocycles. The van der Waals surface area contributed by atoms with Gasteiger partial charge in [-0.3, -0.25) is 9.69 Å². The van der Waals surface area contributed by atoms with Crippen molar-refractivity contribution in [1.82, 2.24) is 10.2 Å². The molecule has 1 aliphatic rings. The molecule has 0 radical (unpaired) electrons. The first-order chi connectivity index (χ1) is 9.69. The zero-order chi connectivity index (χ0) is 14.4. The van der Waals surface area contributed by atoms with Crippen LogP contribution in [0.3, 0.4) is 0 Å². The fourth-order valence-electron chi connectivity index (χ4n) is 2.28. The normalized spacial score (nSPS) is 15.7. The maximum Gasteiger partial charge on any atom is 0.235 e. The molecular formula is C14H19N5O. The van der Waals surface area contributed by atoms with E-state index in [0.717, 1.165) is 37.6 Å². The van der Waals surface area contributed by atoms with Gasteiger partial charge >= 0.3 is 0 Å². The summed E-state index contributed by atoms with van der Waals surface area (Å²) in [7, 11) is 0. The van der Waals surface area contributed by atoms with Gasteiger partial charge in [-0.05, 0) is 18.2 Å². The topological polar surface area (TPSA) is 85.4 Å². The molecule has 0 aromatic heterocycles. The molecule has 0 unspecified atom stereocenters. The van der Waals surface area contributed by atoms with E-state index in [2.05, 4.69) is 15.1 Å². The average Bonchev–Trinajstić information content (AvgIpc) is 2.46. The van der Waals surface area contributed by atoms with Crippen molar-refractivity contribution in [3.63, 3.8) is 0 Å². The number of nitrogens with two attached hydrogens (primary N) is 1. The summed E-state index contributed by atoms with van der Waals surface area (Å²) in [6.45, 7) is 3.82. The number of rotatable bonds is 4. The van der Waals surface area contributed by atoms with Crippen molar-refractivity contribution in [2.75, 3.05) is 49.9 Å². The van der Waals surface area contributed by atoms with Crippen molar-refractivity contribution < 1.29 is 4.79 Å². The summed E-state index contributed by atoms with van der Waals surface area (Å²) in [5.74, 6) is -0.0936. The summed E-state index contributed by atoms with van der Waals surface area (Å²) in [4.78, 5) is 15.9. The number of amides is 1. The van der Waals surface area contributed by atoms with Gasteiger partial charge in [-0.25, -0.2) is 0 Å². The summed E-state index contributed by atoms with van der Waals surface area (Å²) in [6.07, 6.45) is 0. The largest absolute Gasteiger partial charge is 0.399 e. The number of hydrogen-bond donors (Lipinski definition) is 2. The second kappa shape index (κ2) is 6.78. The van der Waals surface area contributed by atoms with Gasteiger partial charge in [0.2, 0.25) is 5.91 Å². The molecule has 3 N–H and O–H groups in total. The Bertz CT molecular complexity index is 503. The van der Waals surface area contributed by atoms with Gasteiger partial charge in [0.25, 0.3) is 0 Å². The number of nitrogens with zero attached hydrogens (tertiary/aromatic N) is 3. The van der Waals surface area contributed by atoms with Crippen LogP contribution < -0.4 is 16.0 Å². The predicted octanol–water partition coefficient (Wildman–Crippen LogP) is 0.0306. The van der Waals surface area contributed by atoms with Crippen LogP contribution in [0.1, 0.15) is 0 Å². The number of nitriles is 1. The van der Waals surface area contributed by atoms with Gasteiger partial charge < -0.3 is 16.0 Å². The van der Waals surface area contributed by atoms with Crippen molar-refractivity contribution in [1.29, 1.82) is 5.26 Å². The molecule has 0 saturated carbocycles. The Labute approximate surface area is 118 Å². The minimum absolute atomic E-state index is 0.0715. The first-order valence-electron chi connectivity index (χ1n) is 6.65. The molecule has 1 saturated heterocycles. The number of piperazine rings is 1. The minimum Gasteiger partial charge on any atom is -0.399 e. The molecule has 0 bridgehead atoms. The lowest BCUT2D eigenvalue weighted by Gasteiger charge is -2.35. The highest BCUT2D eigenvalue weighted by molar-refractivity contribution is 5.78. The molecule has 0 aliphatic carbocycles. The number of benzene rings is 1. The second-order valence-electron chi connectivity index (χ2n) is 4.79. The molecule has 20 heavy (non-hydrogen) atoms. The van der Waals surface area contributed by atoms with E-state index in [4.69, 9.17) is 11.0 Å². The van der Waals surface area contributed by atoms with Crippen molar-refractivity contribution >= 4 is 17.3 Å². The number of hydrogen-bond acceptors (Lipinski definition) is 5. The lowest BCUT2D eigenvalue weighted by Crippen LogP contribution is -2.49. The first-order valence-corrected chi connectivity index (χ1v) is 6.65. The van der Waals surface area contributed by atoms with Crippen LogP contribution in [0.5, 0.6) is 0 Å². The van der Waals surface area contributed by atoms with Crippen LogP contribution in [0.15, 0.2) is 24.3 Å². The predicted molar refractivity (Wildman–Crippen MR) is 78.1 cm³/mol. The van der Waals surface area contributed by atoms with E-state index in [9.17, 15) is 4.79 Å². The van der Waals surface area contributed by atoms with Crippen molar-refractivity contribution in [2.45, 2.75) is 0 Å². The van der Waals surface area contributed by atoms with Crippen LogP contribution in [0.2, 0.25) is 0 Å². The molecule has 0 spiro atoms. The van der Waals surface area contributed by atoms with E-state index in [1.165, 1.54) is 0 Å². The van der Waals surface area contributed by atoms with Crippen molar-refractivity contribution in [3.05, 3.63) is 24.3 Å². The zero-order valence-corrected chi connectivity index (χ0v) is 11.4. The Morgan fingerprint density at radius 2 is 2.10 bits per heavy atom. The van der Waals surface area contributed by atoms with Crippen LogP contribution >= 0.6 is 0 Å². The van der Waals surface area contributed by atoms with Crippen LogP contribution in [-0.2, 0) is 4.79 Å². The summed E-state index contributed by atoms with van der Waals surface area (Å²) >= 11 is 0. The summed E-state index contributed by atoms with van der Waals surface area (Å²) in [5.41, 5.74) is 7.68. The quantitative estimate of drug-likeness (QED) is 0.597. The Kier molecular flexibility index (Phi) is 4.80. The zero-order valence-electron chi connectivity index (χ0n) is 11.4. The molecule has 1 heterocycles. The molecule has 1 fully saturated rings. The molecule has 6 nitrogen and oxygen atoms in total. The molecule has 1 aromatic rings. The molecule has 106 valence electrons. The number of anilines is 2. The van der Waals surface area contributed by atoms with Gasteiger partial charge in [-0.15, -0.1) is 0 Å². The van der Waals surface area contributed by atoms with Gasteiger partial charge in [0.15, 0.2) is 0 Å². The Morgan fingerprint density at radius 1 is 1.35 bits per heavy atom. The third-order valence-electron chi connectivity index (χ3n) is 3.34. The van der Waals surface area contributed by atoms with Crippen molar-refractivity contribution in [3.8, 4) is 6.07 Å². The third-order valence-corrected chi connectivity index (χ3v) is 3.34. The third kappa shape index (κ3) is 3.87. The molecule has 1 amide bonds. The van der Waals surface area contributed by atoms with E-state index in [1.54, 1.807) is 0 Å². The maximum atomic E-state index is 11.5. The van der Waals surface area contributed by atoms with E-state index in [1.807, 2.05) is 30.3 Å². The smallest absolute Gasteiger partial charge is 0.235 e. The highest BCUT2D eigenvalue weighted by Gasteiger charge is 2.19. The molecule has 2 rings (SSSR count). The van der Waals surface area contributed by atoms with E-state index >= 15 is 0 Å². The highest BCUT2D eigenvalue weighted by Crippen LogP contribution is 2.18. The number of carbonyl (C=O) groups excluding carboxylic acids is 1. The van der Waals surface area contributed by atoms with Gasteiger partial charge in [0.05, 0.1) is 12.6 Å². The molecule has 6 heteroatoms. The summed E-state index contributed by atoms with van der Waals surface area (Å²) < 4.78 is 0. The van der Waals surface area contributed by atoms with E-state index in [-0.39, 0.29) is 12.5 Å². The average molecular weight is 273 g/mol. The SMILES string of the molecule is N#CCNC(=O)CN1CCN(c2cccc(N)c2)CC1. The number of nitrogen functional groups attached to an aromatic ring is 1. The Morgan fingerprint density at radius 3 is 2.75 bits per heavy atom. The fourth-order valence-corrected chi connectivity index (χ4v) is 2.28. The summed E-state index contributed by atoms with van der Waals surface area (Å²) in [5, 5.41) is 11.0. The Balaban J connectivity index is 1.81. The number of carbonyl (C=O) groups is 1. The van der Waals surface area contributed by atoms with Crippen LogP contribution in [0, 0.1) is 11.3 Å². The Hall–Kier alpha value is -2.26. The molecule has 0 atom stereocenters. The monoisotopic (exact) mass is 273 g/mol. The second-order valence-corrected chi connectivity index (χ2v) is 4.79. The lowest BCUT2D eigenvalue weighted by atomic mass is 10.2. The van der Waals surface area contributed by atoms with Gasteiger partial charge in [-0.2, -0.15) is 5.26 Å². The number of nitrogens with one attached hydrogen (secondary N) is 1. The maximum absolute atomic E-state index is 11.5. The first kappa shape index (κ1) is 14.2. The molecular weight excluding hydrogens is 254 g/mol. The highest BCUT2D eigenvalue weighted by atomic mass is 16.2. The fraction of sp³-hybridized carbons (Fsp3) is 0.429. The minimum atomic E-state index is -0.0936. The standard InChI is InChI=1S/C14H19N5O/c15-4-5-17-14(20)11-18-6-8-19(9-7-18)13-3-1-2-12(16)10-13/h1-3,10H,5-9,11,16H2,(H,17,20). The van der Waals surface area contributed by atoms with Crippen LogP contribution in [-0.4, -0.2) is 50.1 Å². The van der Waals surface area contributed by atoms with Gasteiger partial charge in [0.1, 0.15) is 6.54 Å². The van der Waals surface area contributed by atoms with Crippen molar-refractivity contribution in [2.24, 2.45) is 0 Å². The summed E-state index contributed by atoms with van der Waals surface area (Å²) in [6, 6.07) is 9.74. The lowest BCUT2D eigenvalue weighted by molar-refractivity contribution is -0.122.